The number of aliphatic hydroxyl groups excluding tert-OH is 2. The van der Waals surface area contributed by atoms with Gasteiger partial charge in [0.05, 0.1) is 0 Å². The molecule has 0 heterocycles. The van der Waals surface area contributed by atoms with Crippen molar-refractivity contribution in [3.8, 4) is 0 Å². The van der Waals surface area contributed by atoms with Crippen LogP contribution in [0.5, 0.6) is 0 Å². The number of amides is 1. The van der Waals surface area contributed by atoms with E-state index in [4.69, 9.17) is 5.11 Å². The van der Waals surface area contributed by atoms with Crippen molar-refractivity contribution >= 4 is 11.9 Å². The summed E-state index contributed by atoms with van der Waals surface area (Å²) < 4.78 is 0. The van der Waals surface area contributed by atoms with Gasteiger partial charge < -0.3 is 20.6 Å². The SMILES string of the molecule is C=C(C)C(=O)NC(CC1C=CC(O)=C(O)C1)C(=O)O. The molecular weight excluding hydrogens is 250 g/mol. The van der Waals surface area contributed by atoms with E-state index in [1.54, 1.807) is 6.08 Å². The molecule has 0 saturated carbocycles. The van der Waals surface area contributed by atoms with Gasteiger partial charge in [0.1, 0.15) is 11.8 Å². The van der Waals surface area contributed by atoms with Crippen molar-refractivity contribution in [2.45, 2.75) is 25.8 Å². The molecule has 2 unspecified atom stereocenters. The average molecular weight is 267 g/mol. The topological polar surface area (TPSA) is 107 Å². The van der Waals surface area contributed by atoms with Crippen LogP contribution in [0.2, 0.25) is 0 Å². The summed E-state index contributed by atoms with van der Waals surface area (Å²) in [6.07, 6.45) is 3.21. The number of nitrogens with one attached hydrogen (secondary N) is 1. The zero-order valence-electron chi connectivity index (χ0n) is 10.6. The van der Waals surface area contributed by atoms with E-state index in [1.807, 2.05) is 0 Å². The fraction of sp³-hybridized carbons (Fsp3) is 0.385. The third kappa shape index (κ3) is 4.17. The van der Waals surface area contributed by atoms with E-state index in [1.165, 1.54) is 13.0 Å². The van der Waals surface area contributed by atoms with E-state index in [9.17, 15) is 19.8 Å². The molecule has 0 fully saturated rings. The van der Waals surface area contributed by atoms with Gasteiger partial charge in [-0.3, -0.25) is 4.79 Å². The van der Waals surface area contributed by atoms with Crippen molar-refractivity contribution in [2.75, 3.05) is 0 Å². The molecule has 0 aliphatic heterocycles. The Balaban J connectivity index is 2.66. The Morgan fingerprint density at radius 3 is 2.63 bits per heavy atom. The lowest BCUT2D eigenvalue weighted by Crippen LogP contribution is -2.42. The predicted molar refractivity (Wildman–Crippen MR) is 68.5 cm³/mol. The smallest absolute Gasteiger partial charge is 0.326 e. The first-order valence-electron chi connectivity index (χ1n) is 5.79. The summed E-state index contributed by atoms with van der Waals surface area (Å²) in [6, 6.07) is -1.06. The highest BCUT2D eigenvalue weighted by Gasteiger charge is 2.25. The highest BCUT2D eigenvalue weighted by Crippen LogP contribution is 2.24. The van der Waals surface area contributed by atoms with Gasteiger partial charge >= 0.3 is 5.97 Å². The van der Waals surface area contributed by atoms with Crippen LogP contribution in [0, 0.1) is 5.92 Å². The maximum Gasteiger partial charge on any atom is 0.326 e. The molecule has 0 spiro atoms. The van der Waals surface area contributed by atoms with Gasteiger partial charge in [0.2, 0.25) is 5.91 Å². The van der Waals surface area contributed by atoms with Gasteiger partial charge in [-0.15, -0.1) is 0 Å². The summed E-state index contributed by atoms with van der Waals surface area (Å²) in [6.45, 7) is 4.92. The van der Waals surface area contributed by atoms with Crippen LogP contribution in [0.1, 0.15) is 19.8 Å². The fourth-order valence-corrected chi connectivity index (χ4v) is 1.71. The Labute approximate surface area is 110 Å². The van der Waals surface area contributed by atoms with Crippen LogP contribution in [-0.4, -0.2) is 33.2 Å². The summed E-state index contributed by atoms with van der Waals surface area (Å²) in [5.41, 5.74) is 0.228. The second-order valence-corrected chi connectivity index (χ2v) is 4.54. The molecule has 0 radical (unpaired) electrons. The molecule has 0 saturated heterocycles. The highest BCUT2D eigenvalue weighted by atomic mass is 16.4. The summed E-state index contributed by atoms with van der Waals surface area (Å²) in [5.74, 6) is -2.32. The molecule has 6 nitrogen and oxygen atoms in total. The van der Waals surface area contributed by atoms with Gasteiger partial charge in [-0.25, -0.2) is 4.79 Å². The first-order chi connectivity index (χ1) is 8.81. The molecule has 19 heavy (non-hydrogen) atoms. The molecule has 1 rings (SSSR count). The minimum atomic E-state index is -1.15. The second-order valence-electron chi connectivity index (χ2n) is 4.54. The molecule has 0 aromatic rings. The quantitative estimate of drug-likeness (QED) is 0.564. The number of hydrogen-bond acceptors (Lipinski definition) is 4. The van der Waals surface area contributed by atoms with Crippen LogP contribution < -0.4 is 5.32 Å². The van der Waals surface area contributed by atoms with Crippen LogP contribution in [0.3, 0.4) is 0 Å². The van der Waals surface area contributed by atoms with Gasteiger partial charge in [-0.1, -0.05) is 12.7 Å². The monoisotopic (exact) mass is 267 g/mol. The predicted octanol–water partition coefficient (Wildman–Crippen LogP) is 1.43. The third-order valence-electron chi connectivity index (χ3n) is 2.81. The molecule has 1 aliphatic carbocycles. The van der Waals surface area contributed by atoms with Gasteiger partial charge in [0, 0.05) is 12.0 Å². The van der Waals surface area contributed by atoms with E-state index in [0.717, 1.165) is 0 Å². The Kier molecular flexibility index (Phi) is 4.74. The Bertz CT molecular complexity index is 464. The van der Waals surface area contributed by atoms with Crippen molar-refractivity contribution in [1.82, 2.24) is 5.32 Å². The van der Waals surface area contributed by atoms with Crippen LogP contribution in [0.25, 0.3) is 0 Å². The molecule has 2 atom stereocenters. The summed E-state index contributed by atoms with van der Waals surface area (Å²) in [7, 11) is 0. The minimum Gasteiger partial charge on any atom is -0.508 e. The van der Waals surface area contributed by atoms with Gasteiger partial charge in [-0.2, -0.15) is 0 Å². The Morgan fingerprint density at radius 2 is 2.16 bits per heavy atom. The number of allylic oxidation sites excluding steroid dienone is 3. The van der Waals surface area contributed by atoms with Crippen molar-refractivity contribution in [3.05, 3.63) is 35.8 Å². The lowest BCUT2D eigenvalue weighted by Gasteiger charge is -2.21. The standard InChI is InChI=1S/C13H17NO5/c1-7(2)12(17)14-9(13(18)19)5-8-3-4-10(15)11(16)6-8/h3-4,8-9,15-16H,1,5-6H2,2H3,(H,14,17)(H,18,19). The first kappa shape index (κ1) is 14.8. The highest BCUT2D eigenvalue weighted by molar-refractivity contribution is 5.94. The lowest BCUT2D eigenvalue weighted by atomic mass is 9.91. The van der Waals surface area contributed by atoms with Crippen LogP contribution in [0.15, 0.2) is 35.8 Å². The van der Waals surface area contributed by atoms with Crippen molar-refractivity contribution < 1.29 is 24.9 Å². The zero-order valence-corrected chi connectivity index (χ0v) is 10.6. The second kappa shape index (κ2) is 6.08. The van der Waals surface area contributed by atoms with E-state index >= 15 is 0 Å². The average Bonchev–Trinajstić information content (AvgIpc) is 2.32. The van der Waals surface area contributed by atoms with E-state index in [2.05, 4.69) is 11.9 Å². The number of carboxylic acid groups (broad SMARTS) is 1. The van der Waals surface area contributed by atoms with Crippen LogP contribution >= 0.6 is 0 Å². The molecule has 1 amide bonds. The first-order valence-corrected chi connectivity index (χ1v) is 5.79. The largest absolute Gasteiger partial charge is 0.508 e. The molecule has 0 aromatic heterocycles. The summed E-state index contributed by atoms with van der Waals surface area (Å²) in [4.78, 5) is 22.5. The lowest BCUT2D eigenvalue weighted by molar-refractivity contribution is -0.141. The van der Waals surface area contributed by atoms with E-state index in [-0.39, 0.29) is 35.9 Å². The Morgan fingerprint density at radius 1 is 1.53 bits per heavy atom. The number of carbonyl (C=O) groups is 2. The van der Waals surface area contributed by atoms with E-state index in [0.29, 0.717) is 0 Å². The Hall–Kier alpha value is -2.24. The molecule has 104 valence electrons. The maximum absolute atomic E-state index is 11.4. The number of carbonyl (C=O) groups excluding carboxylic acids is 1. The number of carboxylic acids is 1. The fourth-order valence-electron chi connectivity index (χ4n) is 1.71. The maximum atomic E-state index is 11.4. The van der Waals surface area contributed by atoms with Crippen molar-refractivity contribution in [3.63, 3.8) is 0 Å². The van der Waals surface area contributed by atoms with E-state index < -0.39 is 17.9 Å². The van der Waals surface area contributed by atoms with Crippen LogP contribution in [0.4, 0.5) is 0 Å². The molecular formula is C13H17NO5. The third-order valence-corrected chi connectivity index (χ3v) is 2.81. The van der Waals surface area contributed by atoms with Gasteiger partial charge in [0.25, 0.3) is 0 Å². The van der Waals surface area contributed by atoms with Gasteiger partial charge in [-0.05, 0) is 25.3 Å². The molecule has 4 N–H and O–H groups in total. The molecule has 1 aliphatic rings. The normalized spacial score (nSPS) is 19.9. The minimum absolute atomic E-state index is 0.127. The number of rotatable bonds is 5. The number of aliphatic carboxylic acids is 1. The van der Waals surface area contributed by atoms with Crippen molar-refractivity contribution in [2.24, 2.45) is 5.92 Å². The van der Waals surface area contributed by atoms with Gasteiger partial charge in [0.15, 0.2) is 5.76 Å². The summed E-state index contributed by atoms with van der Waals surface area (Å²) in [5, 5.41) is 30.0. The molecule has 6 heteroatoms. The molecule has 0 bridgehead atoms. The summed E-state index contributed by atoms with van der Waals surface area (Å²) >= 11 is 0. The molecule has 0 aromatic carbocycles. The number of aliphatic hydroxyl groups is 2. The van der Waals surface area contributed by atoms with Crippen molar-refractivity contribution in [1.29, 1.82) is 0 Å². The number of hydrogen-bond donors (Lipinski definition) is 4. The van der Waals surface area contributed by atoms with Crippen LogP contribution in [-0.2, 0) is 9.59 Å². The zero-order chi connectivity index (χ0) is 14.6.